The molecule has 0 saturated carbocycles. The summed E-state index contributed by atoms with van der Waals surface area (Å²) in [5.74, 6) is -1.11. The maximum atomic E-state index is 13.4. The molecule has 0 aromatic heterocycles. The highest BCUT2D eigenvalue weighted by Crippen LogP contribution is 2.17. The van der Waals surface area contributed by atoms with Crippen molar-refractivity contribution in [3.63, 3.8) is 0 Å². The van der Waals surface area contributed by atoms with Crippen LogP contribution in [-0.4, -0.2) is 38.4 Å². The quantitative estimate of drug-likeness (QED) is 0.658. The molecule has 1 unspecified atom stereocenters. The second kappa shape index (κ2) is 10.4. The number of ether oxygens (including phenoxy) is 3. The minimum atomic E-state index is -0.787. The van der Waals surface area contributed by atoms with Gasteiger partial charge in [0.1, 0.15) is 31.4 Å². The lowest BCUT2D eigenvalue weighted by Crippen LogP contribution is -2.39. The van der Waals surface area contributed by atoms with Crippen molar-refractivity contribution in [3.8, 4) is 11.5 Å². The standard InChI is InChI=1S/C19H21F2NO4/c1-14(12-26-18-8-7-15(20)11-17(18)21)22-19(23)13-24-9-10-25-16-5-3-2-4-6-16/h2-8,11,14H,9-10,12-13H2,1H3,(H,22,23). The van der Waals surface area contributed by atoms with Crippen LogP contribution in [0.5, 0.6) is 11.5 Å². The summed E-state index contributed by atoms with van der Waals surface area (Å²) >= 11 is 0. The first-order chi connectivity index (χ1) is 12.5. The van der Waals surface area contributed by atoms with Gasteiger partial charge in [-0.2, -0.15) is 0 Å². The van der Waals surface area contributed by atoms with Crippen LogP contribution in [0.15, 0.2) is 48.5 Å². The van der Waals surface area contributed by atoms with E-state index in [1.54, 1.807) is 6.92 Å². The van der Waals surface area contributed by atoms with Gasteiger partial charge >= 0.3 is 0 Å². The summed E-state index contributed by atoms with van der Waals surface area (Å²) in [6.07, 6.45) is 0. The number of nitrogens with one attached hydrogen (secondary N) is 1. The Morgan fingerprint density at radius 1 is 1.08 bits per heavy atom. The molecule has 0 aliphatic heterocycles. The summed E-state index contributed by atoms with van der Waals surface area (Å²) in [7, 11) is 0. The fourth-order valence-corrected chi connectivity index (χ4v) is 2.07. The van der Waals surface area contributed by atoms with Crippen LogP contribution in [0.4, 0.5) is 8.78 Å². The number of carbonyl (C=O) groups is 1. The number of para-hydroxylation sites is 1. The van der Waals surface area contributed by atoms with Gasteiger partial charge in [0.25, 0.3) is 0 Å². The van der Waals surface area contributed by atoms with E-state index in [0.717, 1.165) is 17.9 Å². The fraction of sp³-hybridized carbons (Fsp3) is 0.316. The zero-order chi connectivity index (χ0) is 18.8. The molecular weight excluding hydrogens is 344 g/mol. The zero-order valence-electron chi connectivity index (χ0n) is 14.4. The van der Waals surface area contributed by atoms with Crippen LogP contribution in [0.1, 0.15) is 6.92 Å². The molecule has 0 radical (unpaired) electrons. The van der Waals surface area contributed by atoms with Gasteiger partial charge in [0.2, 0.25) is 5.91 Å². The van der Waals surface area contributed by atoms with Crippen molar-refractivity contribution in [1.82, 2.24) is 5.32 Å². The molecular formula is C19H21F2NO4. The predicted octanol–water partition coefficient (Wildman–Crippen LogP) is 2.94. The van der Waals surface area contributed by atoms with Crippen molar-refractivity contribution >= 4 is 5.91 Å². The molecule has 0 spiro atoms. The topological polar surface area (TPSA) is 56.8 Å². The molecule has 5 nitrogen and oxygen atoms in total. The van der Waals surface area contributed by atoms with Crippen LogP contribution in [0.2, 0.25) is 0 Å². The summed E-state index contributed by atoms with van der Waals surface area (Å²) < 4.78 is 42.2. The fourth-order valence-electron chi connectivity index (χ4n) is 2.07. The molecule has 0 bridgehead atoms. The van der Waals surface area contributed by atoms with E-state index in [-0.39, 0.29) is 37.5 Å². The summed E-state index contributed by atoms with van der Waals surface area (Å²) in [5, 5.41) is 2.66. The normalized spacial score (nSPS) is 11.7. The SMILES string of the molecule is CC(COc1ccc(F)cc1F)NC(=O)COCCOc1ccccc1. The number of rotatable bonds is 10. The average Bonchev–Trinajstić information content (AvgIpc) is 2.61. The largest absolute Gasteiger partial charge is 0.491 e. The Morgan fingerprint density at radius 3 is 2.58 bits per heavy atom. The van der Waals surface area contributed by atoms with Crippen molar-refractivity contribution in [1.29, 1.82) is 0 Å². The molecule has 0 fully saturated rings. The Morgan fingerprint density at radius 2 is 1.85 bits per heavy atom. The predicted molar refractivity (Wildman–Crippen MR) is 92.2 cm³/mol. The van der Waals surface area contributed by atoms with Crippen LogP contribution in [0, 0.1) is 11.6 Å². The third kappa shape index (κ3) is 7.06. The van der Waals surface area contributed by atoms with Crippen molar-refractivity contribution < 1.29 is 27.8 Å². The van der Waals surface area contributed by atoms with Gasteiger partial charge in [0.15, 0.2) is 11.6 Å². The molecule has 2 aromatic carbocycles. The lowest BCUT2D eigenvalue weighted by Gasteiger charge is -2.15. The van der Waals surface area contributed by atoms with E-state index in [9.17, 15) is 13.6 Å². The molecule has 7 heteroatoms. The van der Waals surface area contributed by atoms with Gasteiger partial charge in [-0.3, -0.25) is 4.79 Å². The molecule has 0 aliphatic carbocycles. The second-order valence-electron chi connectivity index (χ2n) is 5.57. The third-order valence-corrected chi connectivity index (χ3v) is 3.26. The summed E-state index contributed by atoms with van der Waals surface area (Å²) in [6, 6.07) is 12.0. The number of hydrogen-bond acceptors (Lipinski definition) is 4. The Balaban J connectivity index is 1.58. The van der Waals surface area contributed by atoms with Gasteiger partial charge in [0.05, 0.1) is 12.6 Å². The van der Waals surface area contributed by atoms with E-state index in [0.29, 0.717) is 6.61 Å². The van der Waals surface area contributed by atoms with Crippen molar-refractivity contribution in [2.24, 2.45) is 0 Å². The van der Waals surface area contributed by atoms with Crippen LogP contribution < -0.4 is 14.8 Å². The molecule has 140 valence electrons. The van der Waals surface area contributed by atoms with Gasteiger partial charge in [-0.05, 0) is 31.2 Å². The van der Waals surface area contributed by atoms with E-state index in [2.05, 4.69) is 5.32 Å². The van der Waals surface area contributed by atoms with Crippen molar-refractivity contribution in [2.45, 2.75) is 13.0 Å². The van der Waals surface area contributed by atoms with E-state index < -0.39 is 11.6 Å². The first-order valence-corrected chi connectivity index (χ1v) is 8.17. The van der Waals surface area contributed by atoms with Crippen LogP contribution in [0.25, 0.3) is 0 Å². The molecule has 26 heavy (non-hydrogen) atoms. The van der Waals surface area contributed by atoms with E-state index in [4.69, 9.17) is 14.2 Å². The van der Waals surface area contributed by atoms with Crippen molar-refractivity contribution in [3.05, 3.63) is 60.2 Å². The van der Waals surface area contributed by atoms with Gasteiger partial charge in [-0.15, -0.1) is 0 Å². The van der Waals surface area contributed by atoms with Gasteiger partial charge < -0.3 is 19.5 Å². The molecule has 1 amide bonds. The first kappa shape index (κ1) is 19.7. The minimum Gasteiger partial charge on any atom is -0.491 e. The minimum absolute atomic E-state index is 0.0470. The van der Waals surface area contributed by atoms with Gasteiger partial charge in [-0.1, -0.05) is 18.2 Å². The Hall–Kier alpha value is -2.67. The highest BCUT2D eigenvalue weighted by atomic mass is 19.1. The van der Waals surface area contributed by atoms with Crippen LogP contribution >= 0.6 is 0 Å². The average molecular weight is 365 g/mol. The van der Waals surface area contributed by atoms with E-state index in [1.165, 1.54) is 6.07 Å². The summed E-state index contributed by atoms with van der Waals surface area (Å²) in [6.45, 7) is 2.24. The maximum absolute atomic E-state index is 13.4. The lowest BCUT2D eigenvalue weighted by molar-refractivity contribution is -0.126. The number of carbonyl (C=O) groups excluding carboxylic acids is 1. The number of halogens is 2. The van der Waals surface area contributed by atoms with Crippen molar-refractivity contribution in [2.75, 3.05) is 26.4 Å². The second-order valence-corrected chi connectivity index (χ2v) is 5.57. The first-order valence-electron chi connectivity index (χ1n) is 8.17. The molecule has 2 rings (SSSR count). The summed E-state index contributed by atoms with van der Waals surface area (Å²) in [4.78, 5) is 11.8. The Bertz CT molecular complexity index is 697. The molecule has 1 atom stereocenters. The number of amides is 1. The third-order valence-electron chi connectivity index (χ3n) is 3.26. The summed E-state index contributed by atoms with van der Waals surface area (Å²) in [5.41, 5.74) is 0. The number of hydrogen-bond donors (Lipinski definition) is 1. The highest BCUT2D eigenvalue weighted by molar-refractivity contribution is 5.77. The van der Waals surface area contributed by atoms with Gasteiger partial charge in [-0.25, -0.2) is 8.78 Å². The molecule has 2 aromatic rings. The zero-order valence-corrected chi connectivity index (χ0v) is 14.4. The number of benzene rings is 2. The maximum Gasteiger partial charge on any atom is 0.246 e. The van der Waals surface area contributed by atoms with Crippen LogP contribution in [-0.2, 0) is 9.53 Å². The lowest BCUT2D eigenvalue weighted by atomic mass is 10.3. The molecule has 1 N–H and O–H groups in total. The van der Waals surface area contributed by atoms with E-state index in [1.807, 2.05) is 30.3 Å². The molecule has 0 heterocycles. The van der Waals surface area contributed by atoms with Crippen LogP contribution in [0.3, 0.4) is 0 Å². The monoisotopic (exact) mass is 365 g/mol. The Labute approximate surface area is 150 Å². The Kier molecular flexibility index (Phi) is 7.82. The molecule has 0 saturated heterocycles. The highest BCUT2D eigenvalue weighted by Gasteiger charge is 2.10. The molecule has 0 aliphatic rings. The van der Waals surface area contributed by atoms with Gasteiger partial charge in [0, 0.05) is 6.07 Å². The van der Waals surface area contributed by atoms with E-state index >= 15 is 0 Å². The smallest absolute Gasteiger partial charge is 0.246 e.